The van der Waals surface area contributed by atoms with E-state index in [1.807, 2.05) is 22.8 Å². The van der Waals surface area contributed by atoms with Crippen molar-refractivity contribution in [3.8, 4) is 5.75 Å². The summed E-state index contributed by atoms with van der Waals surface area (Å²) in [6, 6.07) is 18.6. The highest BCUT2D eigenvalue weighted by molar-refractivity contribution is 7.99. The van der Waals surface area contributed by atoms with E-state index in [0.717, 1.165) is 59.0 Å². The zero-order valence-corrected chi connectivity index (χ0v) is 21.2. The summed E-state index contributed by atoms with van der Waals surface area (Å²) in [5.74, 6) is 1.64. The first kappa shape index (κ1) is 23.2. The first-order valence-electron chi connectivity index (χ1n) is 12.2. The third-order valence-corrected chi connectivity index (χ3v) is 8.52. The summed E-state index contributed by atoms with van der Waals surface area (Å²) in [4.78, 5) is 21.0. The normalized spacial score (nSPS) is 13.2. The number of ether oxygens (including phenoxy) is 1. The summed E-state index contributed by atoms with van der Waals surface area (Å²) in [6.07, 6.45) is 6.26. The van der Waals surface area contributed by atoms with Gasteiger partial charge in [-0.15, -0.1) is 11.3 Å². The number of fused-ring (bicyclic) bond motifs is 3. The van der Waals surface area contributed by atoms with Crippen LogP contribution in [0.5, 0.6) is 5.75 Å². The standard InChI is InChI=1S/C28H30N2O2S2/c1-2-20-11-8-12-22(19-20)32-17-18-33-28-29-26-25(23-13-6-7-14-24(23)34-26)27(31)30(28)16-15-21-9-4-3-5-10-21/h3-5,8-12,19H,2,6-7,13-18H2,1H3. The second kappa shape index (κ2) is 10.8. The van der Waals surface area contributed by atoms with E-state index in [1.165, 1.54) is 28.0 Å². The monoisotopic (exact) mass is 490 g/mol. The van der Waals surface area contributed by atoms with Crippen molar-refractivity contribution in [3.63, 3.8) is 0 Å². The van der Waals surface area contributed by atoms with Gasteiger partial charge in [0.2, 0.25) is 0 Å². The molecule has 0 amide bonds. The van der Waals surface area contributed by atoms with Crippen LogP contribution in [0.3, 0.4) is 0 Å². The van der Waals surface area contributed by atoms with Crippen molar-refractivity contribution >= 4 is 33.3 Å². The molecule has 0 fully saturated rings. The minimum Gasteiger partial charge on any atom is -0.493 e. The van der Waals surface area contributed by atoms with E-state index in [2.05, 4.69) is 43.3 Å². The van der Waals surface area contributed by atoms with Crippen LogP contribution in [0.4, 0.5) is 0 Å². The molecule has 2 aromatic carbocycles. The lowest BCUT2D eigenvalue weighted by Gasteiger charge is -2.14. The predicted octanol–water partition coefficient (Wildman–Crippen LogP) is 6.31. The molecule has 1 aliphatic rings. The van der Waals surface area contributed by atoms with E-state index >= 15 is 0 Å². The molecule has 0 spiro atoms. The fraction of sp³-hybridized carbons (Fsp3) is 0.357. The predicted molar refractivity (Wildman–Crippen MR) is 143 cm³/mol. The van der Waals surface area contributed by atoms with Gasteiger partial charge in [0.1, 0.15) is 10.6 Å². The Balaban J connectivity index is 1.38. The summed E-state index contributed by atoms with van der Waals surface area (Å²) in [7, 11) is 0. The Labute approximate surface area is 209 Å². The minimum atomic E-state index is 0.124. The lowest BCUT2D eigenvalue weighted by Crippen LogP contribution is -2.25. The Morgan fingerprint density at radius 2 is 1.88 bits per heavy atom. The topological polar surface area (TPSA) is 44.1 Å². The van der Waals surface area contributed by atoms with Crippen LogP contribution in [0.25, 0.3) is 10.2 Å². The number of benzene rings is 2. The van der Waals surface area contributed by atoms with Crippen molar-refractivity contribution in [1.29, 1.82) is 0 Å². The Kier molecular flexibility index (Phi) is 7.36. The SMILES string of the molecule is CCc1cccc(OCCSc2nc3sc4c(c3c(=O)n2CCc2ccccc2)CCCC4)c1. The largest absolute Gasteiger partial charge is 0.493 e. The van der Waals surface area contributed by atoms with Gasteiger partial charge in [0.05, 0.1) is 12.0 Å². The zero-order valence-electron chi connectivity index (χ0n) is 19.6. The third kappa shape index (κ3) is 5.08. The molecule has 34 heavy (non-hydrogen) atoms. The van der Waals surface area contributed by atoms with Gasteiger partial charge in [-0.2, -0.15) is 0 Å². The molecule has 0 N–H and O–H groups in total. The van der Waals surface area contributed by atoms with E-state index in [9.17, 15) is 4.79 Å². The molecule has 176 valence electrons. The Morgan fingerprint density at radius 1 is 1.06 bits per heavy atom. The van der Waals surface area contributed by atoms with Crippen LogP contribution in [0.15, 0.2) is 64.5 Å². The van der Waals surface area contributed by atoms with E-state index in [4.69, 9.17) is 9.72 Å². The summed E-state index contributed by atoms with van der Waals surface area (Å²) in [6.45, 7) is 3.36. The average Bonchev–Trinajstić information content (AvgIpc) is 3.25. The number of rotatable bonds is 9. The number of hydrogen-bond donors (Lipinski definition) is 0. The fourth-order valence-electron chi connectivity index (χ4n) is 4.56. The first-order chi connectivity index (χ1) is 16.7. The van der Waals surface area contributed by atoms with Gasteiger partial charge < -0.3 is 4.74 Å². The maximum absolute atomic E-state index is 13.7. The Hall–Kier alpha value is -2.57. The first-order valence-corrected chi connectivity index (χ1v) is 14.0. The van der Waals surface area contributed by atoms with Crippen LogP contribution in [0.2, 0.25) is 0 Å². The van der Waals surface area contributed by atoms with Gasteiger partial charge in [0.15, 0.2) is 5.16 Å². The Bertz CT molecular complexity index is 1330. The fourth-order valence-corrected chi connectivity index (χ4v) is 6.71. The molecule has 0 unspecified atom stereocenters. The van der Waals surface area contributed by atoms with Gasteiger partial charge >= 0.3 is 0 Å². The molecule has 0 atom stereocenters. The van der Waals surface area contributed by atoms with Crippen LogP contribution >= 0.6 is 23.1 Å². The highest BCUT2D eigenvalue weighted by atomic mass is 32.2. The summed E-state index contributed by atoms with van der Waals surface area (Å²) in [5.41, 5.74) is 3.89. The minimum absolute atomic E-state index is 0.124. The molecule has 0 aliphatic heterocycles. The summed E-state index contributed by atoms with van der Waals surface area (Å²) >= 11 is 3.34. The van der Waals surface area contributed by atoms with Crippen molar-refractivity contribution in [2.75, 3.05) is 12.4 Å². The summed E-state index contributed by atoms with van der Waals surface area (Å²) in [5, 5.41) is 1.67. The van der Waals surface area contributed by atoms with Crippen LogP contribution in [0, 0.1) is 0 Å². The Morgan fingerprint density at radius 3 is 2.74 bits per heavy atom. The van der Waals surface area contributed by atoms with Crippen LogP contribution in [-0.4, -0.2) is 21.9 Å². The number of thiophene rings is 1. The smallest absolute Gasteiger partial charge is 0.263 e. The third-order valence-electron chi connectivity index (χ3n) is 6.40. The van der Waals surface area contributed by atoms with Crippen molar-refractivity contribution in [3.05, 3.63) is 86.5 Å². The molecule has 0 radical (unpaired) electrons. The van der Waals surface area contributed by atoms with E-state index in [0.29, 0.717) is 13.2 Å². The number of aromatic nitrogens is 2. The van der Waals surface area contributed by atoms with Crippen molar-refractivity contribution < 1.29 is 4.74 Å². The second-order valence-electron chi connectivity index (χ2n) is 8.68. The molecule has 0 saturated heterocycles. The molecule has 2 heterocycles. The van der Waals surface area contributed by atoms with Gasteiger partial charge in [0, 0.05) is 17.2 Å². The molecule has 4 nitrogen and oxygen atoms in total. The number of thioether (sulfide) groups is 1. The van der Waals surface area contributed by atoms with Gasteiger partial charge in [-0.1, -0.05) is 61.2 Å². The maximum Gasteiger partial charge on any atom is 0.263 e. The lowest BCUT2D eigenvalue weighted by molar-refractivity contribution is 0.343. The molecule has 0 bridgehead atoms. The van der Waals surface area contributed by atoms with Gasteiger partial charge in [-0.25, -0.2) is 4.98 Å². The van der Waals surface area contributed by atoms with E-state index in [-0.39, 0.29) is 5.56 Å². The number of nitrogens with zero attached hydrogens (tertiary/aromatic N) is 2. The molecule has 0 saturated carbocycles. The maximum atomic E-state index is 13.7. The second-order valence-corrected chi connectivity index (χ2v) is 10.8. The number of aryl methyl sites for hydroxylation is 4. The summed E-state index contributed by atoms with van der Waals surface area (Å²) < 4.78 is 7.89. The van der Waals surface area contributed by atoms with E-state index < -0.39 is 0 Å². The van der Waals surface area contributed by atoms with Crippen LogP contribution < -0.4 is 10.3 Å². The van der Waals surface area contributed by atoms with Crippen LogP contribution in [-0.2, 0) is 32.2 Å². The molecule has 1 aliphatic carbocycles. The van der Waals surface area contributed by atoms with Crippen molar-refractivity contribution in [1.82, 2.24) is 9.55 Å². The molecular weight excluding hydrogens is 460 g/mol. The van der Waals surface area contributed by atoms with Gasteiger partial charge in [-0.3, -0.25) is 9.36 Å². The lowest BCUT2D eigenvalue weighted by atomic mass is 9.97. The molecule has 6 heteroatoms. The van der Waals surface area contributed by atoms with Gasteiger partial charge in [-0.05, 0) is 67.3 Å². The average molecular weight is 491 g/mol. The molecule has 5 rings (SSSR count). The van der Waals surface area contributed by atoms with Crippen LogP contribution in [0.1, 0.15) is 41.3 Å². The van der Waals surface area contributed by atoms with E-state index in [1.54, 1.807) is 23.1 Å². The highest BCUT2D eigenvalue weighted by Gasteiger charge is 2.22. The molecule has 2 aromatic heterocycles. The van der Waals surface area contributed by atoms with Gasteiger partial charge in [0.25, 0.3) is 5.56 Å². The number of hydrogen-bond acceptors (Lipinski definition) is 5. The van der Waals surface area contributed by atoms with Crippen molar-refractivity contribution in [2.45, 2.75) is 57.1 Å². The highest BCUT2D eigenvalue weighted by Crippen LogP contribution is 2.34. The molecule has 4 aromatic rings. The quantitative estimate of drug-likeness (QED) is 0.157. The molecular formula is C28H30N2O2S2. The zero-order chi connectivity index (χ0) is 23.3. The van der Waals surface area contributed by atoms with Crippen molar-refractivity contribution in [2.24, 2.45) is 0 Å².